The van der Waals surface area contributed by atoms with Gasteiger partial charge in [-0.2, -0.15) is 10.2 Å². The van der Waals surface area contributed by atoms with Crippen LogP contribution in [0, 0.1) is 6.92 Å². The third kappa shape index (κ3) is 3.57. The molecule has 0 aromatic carbocycles. The molecule has 0 saturated carbocycles. The van der Waals surface area contributed by atoms with Gasteiger partial charge in [-0.15, -0.1) is 0 Å². The second kappa shape index (κ2) is 5.88. The van der Waals surface area contributed by atoms with Gasteiger partial charge in [0.1, 0.15) is 6.54 Å². The number of hydrogen-bond donors (Lipinski definition) is 1. The molecular formula is C12H16ClN5O. The lowest BCUT2D eigenvalue weighted by Gasteiger charge is -2.03. The molecule has 0 aliphatic carbocycles. The largest absolute Gasteiger partial charge is 0.350 e. The molecule has 0 fully saturated rings. The smallest absolute Gasteiger partial charge is 0.242 e. The molecule has 1 amide bonds. The molecule has 0 radical (unpaired) electrons. The predicted octanol–water partition coefficient (Wildman–Crippen LogP) is 1.38. The maximum Gasteiger partial charge on any atom is 0.242 e. The molecular weight excluding hydrogens is 266 g/mol. The van der Waals surface area contributed by atoms with Crippen LogP contribution >= 0.6 is 11.6 Å². The van der Waals surface area contributed by atoms with Gasteiger partial charge in [0.2, 0.25) is 5.91 Å². The molecule has 19 heavy (non-hydrogen) atoms. The minimum absolute atomic E-state index is 0.108. The summed E-state index contributed by atoms with van der Waals surface area (Å²) in [5, 5.41) is 11.7. The number of amides is 1. The van der Waals surface area contributed by atoms with E-state index in [0.717, 1.165) is 17.8 Å². The fourth-order valence-electron chi connectivity index (χ4n) is 1.65. The fraction of sp³-hybridized carbons (Fsp3) is 0.417. The van der Waals surface area contributed by atoms with Crippen molar-refractivity contribution in [2.24, 2.45) is 0 Å². The van der Waals surface area contributed by atoms with Crippen molar-refractivity contribution < 1.29 is 4.79 Å². The Bertz CT molecular complexity index is 555. The van der Waals surface area contributed by atoms with Gasteiger partial charge in [0.25, 0.3) is 0 Å². The number of carbonyl (C=O) groups excluding carboxylic acids is 1. The summed E-state index contributed by atoms with van der Waals surface area (Å²) in [6.07, 6.45) is 5.31. The zero-order valence-corrected chi connectivity index (χ0v) is 11.7. The highest BCUT2D eigenvalue weighted by molar-refractivity contribution is 6.31. The van der Waals surface area contributed by atoms with Crippen molar-refractivity contribution >= 4 is 17.5 Å². The van der Waals surface area contributed by atoms with E-state index in [2.05, 4.69) is 15.5 Å². The average Bonchev–Trinajstić information content (AvgIpc) is 2.94. The highest BCUT2D eigenvalue weighted by Crippen LogP contribution is 2.11. The Balaban J connectivity index is 1.84. The zero-order valence-electron chi connectivity index (χ0n) is 10.9. The number of halogens is 1. The van der Waals surface area contributed by atoms with Gasteiger partial charge in [0.05, 0.1) is 16.9 Å². The molecule has 0 aliphatic heterocycles. The number of hydrogen-bond acceptors (Lipinski definition) is 3. The Morgan fingerprint density at radius 2 is 2.21 bits per heavy atom. The second-order valence-corrected chi connectivity index (χ2v) is 4.65. The molecule has 2 aromatic rings. The Morgan fingerprint density at radius 1 is 1.42 bits per heavy atom. The van der Waals surface area contributed by atoms with E-state index in [1.807, 2.05) is 17.8 Å². The van der Waals surface area contributed by atoms with Gasteiger partial charge in [-0.25, -0.2) is 0 Å². The van der Waals surface area contributed by atoms with Gasteiger partial charge in [-0.3, -0.25) is 14.2 Å². The van der Waals surface area contributed by atoms with Crippen LogP contribution in [0.2, 0.25) is 5.02 Å². The maximum absolute atomic E-state index is 11.7. The molecule has 0 bridgehead atoms. The lowest BCUT2D eigenvalue weighted by Crippen LogP contribution is -2.27. The summed E-state index contributed by atoms with van der Waals surface area (Å²) in [4.78, 5) is 11.7. The zero-order chi connectivity index (χ0) is 13.8. The van der Waals surface area contributed by atoms with E-state index in [9.17, 15) is 4.79 Å². The first-order valence-electron chi connectivity index (χ1n) is 6.06. The first kappa shape index (κ1) is 13.6. The molecule has 2 rings (SSSR count). The quantitative estimate of drug-likeness (QED) is 0.900. The van der Waals surface area contributed by atoms with Crippen molar-refractivity contribution in [2.45, 2.75) is 33.5 Å². The van der Waals surface area contributed by atoms with Gasteiger partial charge < -0.3 is 5.32 Å². The van der Waals surface area contributed by atoms with Crippen molar-refractivity contribution in [1.29, 1.82) is 0 Å². The molecule has 0 atom stereocenters. The van der Waals surface area contributed by atoms with Gasteiger partial charge in [0, 0.05) is 31.0 Å². The monoisotopic (exact) mass is 281 g/mol. The van der Waals surface area contributed by atoms with E-state index in [1.165, 1.54) is 4.68 Å². The van der Waals surface area contributed by atoms with Crippen LogP contribution in [0.4, 0.5) is 0 Å². The van der Waals surface area contributed by atoms with Crippen LogP contribution in [0.3, 0.4) is 0 Å². The highest BCUT2D eigenvalue weighted by atomic mass is 35.5. The van der Waals surface area contributed by atoms with Crippen LogP contribution in [0.5, 0.6) is 0 Å². The molecule has 1 N–H and O–H groups in total. The van der Waals surface area contributed by atoms with Crippen molar-refractivity contribution in [3.05, 3.63) is 34.9 Å². The van der Waals surface area contributed by atoms with Gasteiger partial charge in [0.15, 0.2) is 0 Å². The fourth-order valence-corrected chi connectivity index (χ4v) is 1.80. The van der Waals surface area contributed by atoms with E-state index >= 15 is 0 Å². The topological polar surface area (TPSA) is 64.7 Å². The van der Waals surface area contributed by atoms with Gasteiger partial charge in [-0.05, 0) is 13.8 Å². The molecule has 0 spiro atoms. The molecule has 2 heterocycles. The number of rotatable bonds is 5. The first-order chi connectivity index (χ1) is 9.08. The van der Waals surface area contributed by atoms with Crippen LogP contribution in [-0.2, 0) is 24.4 Å². The minimum atomic E-state index is -0.108. The predicted molar refractivity (Wildman–Crippen MR) is 71.7 cm³/mol. The summed E-state index contributed by atoms with van der Waals surface area (Å²) in [6.45, 7) is 5.26. The first-order valence-corrected chi connectivity index (χ1v) is 6.44. The Labute approximate surface area is 116 Å². The average molecular weight is 282 g/mol. The molecule has 6 nitrogen and oxygen atoms in total. The number of aryl methyl sites for hydroxylation is 2. The lowest BCUT2D eigenvalue weighted by atomic mass is 10.3. The van der Waals surface area contributed by atoms with Crippen LogP contribution in [0.25, 0.3) is 0 Å². The summed E-state index contributed by atoms with van der Waals surface area (Å²) in [5.74, 6) is -0.108. The molecule has 0 aliphatic rings. The Hall–Kier alpha value is -1.82. The summed E-state index contributed by atoms with van der Waals surface area (Å²) in [5.41, 5.74) is 1.70. The van der Waals surface area contributed by atoms with Crippen LogP contribution in [-0.4, -0.2) is 25.5 Å². The van der Waals surface area contributed by atoms with E-state index in [4.69, 9.17) is 11.6 Å². The van der Waals surface area contributed by atoms with Crippen molar-refractivity contribution in [2.75, 3.05) is 0 Å². The third-order valence-electron chi connectivity index (χ3n) is 2.69. The van der Waals surface area contributed by atoms with Crippen molar-refractivity contribution in [1.82, 2.24) is 24.9 Å². The summed E-state index contributed by atoms with van der Waals surface area (Å²) >= 11 is 5.88. The number of nitrogens with one attached hydrogen (secondary N) is 1. The number of aromatic nitrogens is 4. The standard InChI is InChI=1S/C12H16ClN5O/c1-3-17-6-10(5-15-17)4-14-12(19)8-18-7-11(13)9(2)16-18/h5-7H,3-4,8H2,1-2H3,(H,14,19). The molecule has 0 saturated heterocycles. The maximum atomic E-state index is 11.7. The summed E-state index contributed by atoms with van der Waals surface area (Å²) in [7, 11) is 0. The van der Waals surface area contributed by atoms with Crippen molar-refractivity contribution in [3.8, 4) is 0 Å². The van der Waals surface area contributed by atoms with Crippen LogP contribution in [0.1, 0.15) is 18.2 Å². The highest BCUT2D eigenvalue weighted by Gasteiger charge is 2.07. The summed E-state index contributed by atoms with van der Waals surface area (Å²) < 4.78 is 3.35. The van der Waals surface area contributed by atoms with Gasteiger partial charge >= 0.3 is 0 Å². The van der Waals surface area contributed by atoms with Crippen LogP contribution in [0.15, 0.2) is 18.6 Å². The van der Waals surface area contributed by atoms with Gasteiger partial charge in [-0.1, -0.05) is 11.6 Å². The second-order valence-electron chi connectivity index (χ2n) is 4.24. The normalized spacial score (nSPS) is 10.7. The molecule has 7 heteroatoms. The Morgan fingerprint density at radius 3 is 2.79 bits per heavy atom. The minimum Gasteiger partial charge on any atom is -0.350 e. The van der Waals surface area contributed by atoms with E-state index in [0.29, 0.717) is 11.6 Å². The van der Waals surface area contributed by atoms with Crippen molar-refractivity contribution in [3.63, 3.8) is 0 Å². The lowest BCUT2D eigenvalue weighted by molar-refractivity contribution is -0.122. The third-order valence-corrected chi connectivity index (χ3v) is 3.06. The number of carbonyl (C=O) groups is 1. The number of nitrogens with zero attached hydrogens (tertiary/aromatic N) is 4. The Kier molecular flexibility index (Phi) is 4.21. The van der Waals surface area contributed by atoms with E-state index in [1.54, 1.807) is 19.3 Å². The van der Waals surface area contributed by atoms with E-state index in [-0.39, 0.29) is 12.5 Å². The van der Waals surface area contributed by atoms with E-state index < -0.39 is 0 Å². The summed E-state index contributed by atoms with van der Waals surface area (Å²) in [6, 6.07) is 0. The molecule has 102 valence electrons. The molecule has 0 unspecified atom stereocenters. The molecule has 2 aromatic heterocycles. The SMILES string of the molecule is CCn1cc(CNC(=O)Cn2cc(Cl)c(C)n2)cn1. The van der Waals surface area contributed by atoms with Crippen LogP contribution < -0.4 is 5.32 Å².